The summed E-state index contributed by atoms with van der Waals surface area (Å²) in [4.78, 5) is 4.47. The highest BCUT2D eigenvalue weighted by Gasteiger charge is 2.27. The molecule has 1 aliphatic heterocycles. The van der Waals surface area contributed by atoms with E-state index in [9.17, 15) is 8.42 Å². The summed E-state index contributed by atoms with van der Waals surface area (Å²) in [6, 6.07) is 11.1. The number of aliphatic hydroxyl groups excluding tert-OH is 1. The Bertz CT molecular complexity index is 783. The molecule has 6 nitrogen and oxygen atoms in total. The van der Waals surface area contributed by atoms with E-state index in [1.165, 1.54) is 10.5 Å². The number of nitrogens with zero attached hydrogens (tertiary/aromatic N) is 2. The third kappa shape index (κ3) is 4.36. The van der Waals surface area contributed by atoms with Gasteiger partial charge >= 0.3 is 0 Å². The smallest absolute Gasteiger partial charge is 0.244 e. The highest BCUT2D eigenvalue weighted by Crippen LogP contribution is 2.20. The largest absolute Gasteiger partial charge is 0.392 e. The Morgan fingerprint density at radius 1 is 1.04 bits per heavy atom. The minimum Gasteiger partial charge on any atom is -0.392 e. The predicted molar refractivity (Wildman–Crippen MR) is 96.8 cm³/mol. The van der Waals surface area contributed by atoms with Crippen LogP contribution in [-0.2, 0) is 23.1 Å². The Morgan fingerprint density at radius 3 is 2.32 bits per heavy atom. The minimum atomic E-state index is -3.40. The first-order valence-electron chi connectivity index (χ1n) is 8.48. The number of pyridine rings is 1. The Labute approximate surface area is 148 Å². The van der Waals surface area contributed by atoms with Gasteiger partial charge in [0.15, 0.2) is 0 Å². The Hall–Kier alpha value is -1.96. The van der Waals surface area contributed by atoms with E-state index in [-0.39, 0.29) is 11.5 Å². The van der Waals surface area contributed by atoms with Gasteiger partial charge in [-0.15, -0.1) is 0 Å². The fourth-order valence-corrected chi connectivity index (χ4v) is 4.32. The summed E-state index contributed by atoms with van der Waals surface area (Å²) in [7, 11) is -3.40. The average molecular weight is 361 g/mol. The SMILES string of the molecule is O=S(=O)(c1ccc(NCCc2ccc(CO)cc2)nc1)N1CCCC1. The number of rotatable bonds is 7. The Morgan fingerprint density at radius 2 is 1.72 bits per heavy atom. The van der Waals surface area contributed by atoms with Crippen LogP contribution in [0.25, 0.3) is 0 Å². The van der Waals surface area contributed by atoms with Crippen molar-refractivity contribution in [2.75, 3.05) is 25.0 Å². The zero-order valence-electron chi connectivity index (χ0n) is 14.1. The zero-order chi connectivity index (χ0) is 17.7. The van der Waals surface area contributed by atoms with Crippen LogP contribution < -0.4 is 5.32 Å². The maximum Gasteiger partial charge on any atom is 0.244 e. The van der Waals surface area contributed by atoms with Gasteiger partial charge in [-0.2, -0.15) is 4.31 Å². The number of aliphatic hydroxyl groups is 1. The quantitative estimate of drug-likeness (QED) is 0.788. The lowest BCUT2D eigenvalue weighted by Gasteiger charge is -2.15. The zero-order valence-corrected chi connectivity index (χ0v) is 14.9. The number of nitrogens with one attached hydrogen (secondary N) is 1. The van der Waals surface area contributed by atoms with Crippen LogP contribution in [0.3, 0.4) is 0 Å². The van der Waals surface area contributed by atoms with Crippen molar-refractivity contribution in [1.29, 1.82) is 0 Å². The lowest BCUT2D eigenvalue weighted by Crippen LogP contribution is -2.27. The van der Waals surface area contributed by atoms with Gasteiger partial charge in [-0.25, -0.2) is 13.4 Å². The summed E-state index contributed by atoms with van der Waals surface area (Å²) in [6.07, 6.45) is 4.09. The molecule has 0 bridgehead atoms. The second-order valence-corrected chi connectivity index (χ2v) is 8.08. The van der Waals surface area contributed by atoms with Crippen LogP contribution in [0.2, 0.25) is 0 Å². The fraction of sp³-hybridized carbons (Fsp3) is 0.389. The monoisotopic (exact) mass is 361 g/mol. The molecule has 3 rings (SSSR count). The van der Waals surface area contributed by atoms with E-state index in [1.54, 1.807) is 12.1 Å². The molecular formula is C18H23N3O3S. The van der Waals surface area contributed by atoms with Crippen molar-refractivity contribution >= 4 is 15.8 Å². The van der Waals surface area contributed by atoms with Crippen molar-refractivity contribution in [2.24, 2.45) is 0 Å². The lowest BCUT2D eigenvalue weighted by atomic mass is 10.1. The Kier molecular flexibility index (Phi) is 5.67. The van der Waals surface area contributed by atoms with Crippen LogP contribution in [-0.4, -0.2) is 42.4 Å². The molecule has 25 heavy (non-hydrogen) atoms. The van der Waals surface area contributed by atoms with Crippen molar-refractivity contribution in [2.45, 2.75) is 30.8 Å². The first-order valence-corrected chi connectivity index (χ1v) is 9.92. The number of anilines is 1. The second-order valence-electron chi connectivity index (χ2n) is 6.14. The molecule has 1 fully saturated rings. The van der Waals surface area contributed by atoms with Gasteiger partial charge in [-0.05, 0) is 42.5 Å². The molecule has 0 saturated carbocycles. The number of aromatic nitrogens is 1. The van der Waals surface area contributed by atoms with E-state index in [1.807, 2.05) is 24.3 Å². The summed E-state index contributed by atoms with van der Waals surface area (Å²) in [6.45, 7) is 1.94. The molecule has 1 aromatic carbocycles. The maximum absolute atomic E-state index is 12.4. The highest BCUT2D eigenvalue weighted by atomic mass is 32.2. The number of sulfonamides is 1. The molecular weight excluding hydrogens is 338 g/mol. The summed E-state index contributed by atoms with van der Waals surface area (Å²) in [5, 5.41) is 12.2. The molecule has 7 heteroatoms. The highest BCUT2D eigenvalue weighted by molar-refractivity contribution is 7.89. The molecule has 2 heterocycles. The van der Waals surface area contributed by atoms with Crippen molar-refractivity contribution < 1.29 is 13.5 Å². The molecule has 0 aliphatic carbocycles. The van der Waals surface area contributed by atoms with Gasteiger partial charge < -0.3 is 10.4 Å². The van der Waals surface area contributed by atoms with Gasteiger partial charge in [0, 0.05) is 25.8 Å². The third-order valence-corrected chi connectivity index (χ3v) is 6.25. The maximum atomic E-state index is 12.4. The van der Waals surface area contributed by atoms with E-state index in [4.69, 9.17) is 5.11 Å². The van der Waals surface area contributed by atoms with Gasteiger partial charge in [-0.3, -0.25) is 0 Å². The third-order valence-electron chi connectivity index (χ3n) is 4.36. The number of benzene rings is 1. The summed E-state index contributed by atoms with van der Waals surface area (Å²) in [5.41, 5.74) is 2.06. The van der Waals surface area contributed by atoms with Crippen molar-refractivity contribution in [3.05, 3.63) is 53.7 Å². The van der Waals surface area contributed by atoms with Crippen LogP contribution in [0.5, 0.6) is 0 Å². The van der Waals surface area contributed by atoms with Crippen molar-refractivity contribution in [1.82, 2.24) is 9.29 Å². The molecule has 2 aromatic rings. The molecule has 0 radical (unpaired) electrons. The molecule has 1 saturated heterocycles. The van der Waals surface area contributed by atoms with E-state index < -0.39 is 10.0 Å². The first-order chi connectivity index (χ1) is 12.1. The van der Waals surface area contributed by atoms with Crippen LogP contribution in [0.4, 0.5) is 5.82 Å². The van der Waals surface area contributed by atoms with E-state index in [0.717, 1.165) is 30.4 Å². The van der Waals surface area contributed by atoms with Crippen LogP contribution in [0.15, 0.2) is 47.5 Å². The molecule has 0 atom stereocenters. The van der Waals surface area contributed by atoms with Gasteiger partial charge in [0.1, 0.15) is 10.7 Å². The molecule has 1 aliphatic rings. The topological polar surface area (TPSA) is 82.5 Å². The summed E-state index contributed by atoms with van der Waals surface area (Å²) < 4.78 is 26.4. The molecule has 2 N–H and O–H groups in total. The van der Waals surface area contributed by atoms with E-state index >= 15 is 0 Å². The van der Waals surface area contributed by atoms with E-state index in [2.05, 4.69) is 10.3 Å². The second kappa shape index (κ2) is 7.95. The van der Waals surface area contributed by atoms with Crippen LogP contribution in [0.1, 0.15) is 24.0 Å². The number of hydrogen-bond acceptors (Lipinski definition) is 5. The van der Waals surface area contributed by atoms with Crippen molar-refractivity contribution in [3.63, 3.8) is 0 Å². The Balaban J connectivity index is 1.55. The molecule has 0 amide bonds. The number of hydrogen-bond donors (Lipinski definition) is 2. The van der Waals surface area contributed by atoms with Crippen molar-refractivity contribution in [3.8, 4) is 0 Å². The van der Waals surface area contributed by atoms with Gasteiger partial charge in [0.25, 0.3) is 0 Å². The summed E-state index contributed by atoms with van der Waals surface area (Å²) >= 11 is 0. The van der Waals surface area contributed by atoms with Crippen LogP contribution in [0, 0.1) is 0 Å². The molecule has 1 aromatic heterocycles. The van der Waals surface area contributed by atoms with E-state index in [0.29, 0.717) is 25.5 Å². The minimum absolute atomic E-state index is 0.0507. The normalized spacial score (nSPS) is 15.4. The lowest BCUT2D eigenvalue weighted by molar-refractivity contribution is 0.282. The first kappa shape index (κ1) is 17.8. The van der Waals surface area contributed by atoms with Gasteiger partial charge in [-0.1, -0.05) is 24.3 Å². The standard InChI is InChI=1S/C18H23N3O3S/c22-14-16-5-3-15(4-6-16)9-10-19-18-8-7-17(13-20-18)25(23,24)21-11-1-2-12-21/h3-8,13,22H,1-2,9-12,14H2,(H,19,20). The molecule has 0 spiro atoms. The average Bonchev–Trinajstić information content (AvgIpc) is 3.18. The molecule has 0 unspecified atom stereocenters. The predicted octanol–water partition coefficient (Wildman–Crippen LogP) is 2.01. The van der Waals surface area contributed by atoms with Gasteiger partial charge in [0.2, 0.25) is 10.0 Å². The van der Waals surface area contributed by atoms with Crippen LogP contribution >= 0.6 is 0 Å². The van der Waals surface area contributed by atoms with Gasteiger partial charge in [0.05, 0.1) is 6.61 Å². The summed E-state index contributed by atoms with van der Waals surface area (Å²) in [5.74, 6) is 0.660. The fourth-order valence-electron chi connectivity index (χ4n) is 2.86. The molecule has 134 valence electrons.